The van der Waals surface area contributed by atoms with Crippen molar-refractivity contribution in [1.82, 2.24) is 9.55 Å². The average molecular weight is 328 g/mol. The van der Waals surface area contributed by atoms with Crippen LogP contribution in [0.1, 0.15) is 32.3 Å². The largest absolute Gasteiger partial charge is 0.341 e. The molecule has 4 nitrogen and oxygen atoms in total. The van der Waals surface area contributed by atoms with E-state index in [1.807, 2.05) is 0 Å². The first-order valence-electron chi connectivity index (χ1n) is 6.99. The smallest absolute Gasteiger partial charge is 0.199 e. The number of Topliss-reactive ketones (excluding diaryl/α,β-unsaturated/α-hetero) is 2. The molecule has 0 amide bonds. The van der Waals surface area contributed by atoms with Gasteiger partial charge in [0.2, 0.25) is 0 Å². The Labute approximate surface area is 136 Å². The topological polar surface area (TPSA) is 52.0 Å². The van der Waals surface area contributed by atoms with Crippen LogP contribution in [0.25, 0.3) is 0 Å². The van der Waals surface area contributed by atoms with Gasteiger partial charge in [0.05, 0.1) is 12.1 Å². The predicted molar refractivity (Wildman–Crippen MR) is 85.3 cm³/mol. The summed E-state index contributed by atoms with van der Waals surface area (Å²) in [5.41, 5.74) is 1.34. The van der Waals surface area contributed by atoms with Crippen LogP contribution in [0.5, 0.6) is 0 Å². The molecular weight excluding hydrogens is 315 g/mol. The van der Waals surface area contributed by atoms with Gasteiger partial charge in [0, 0.05) is 24.3 Å². The Hall–Kier alpha value is -2.60. The zero-order valence-corrected chi connectivity index (χ0v) is 12.9. The van der Waals surface area contributed by atoms with Gasteiger partial charge >= 0.3 is 0 Å². The molecule has 0 aliphatic rings. The number of hydrogen-bond acceptors (Lipinski definition) is 4. The minimum Gasteiger partial charge on any atom is -0.341 e. The van der Waals surface area contributed by atoms with Crippen LogP contribution in [-0.2, 0) is 6.54 Å². The Morgan fingerprint density at radius 1 is 1.13 bits per heavy atom. The van der Waals surface area contributed by atoms with Crippen molar-refractivity contribution in [2.75, 3.05) is 0 Å². The van der Waals surface area contributed by atoms with Crippen LogP contribution in [0.15, 0.2) is 54.2 Å². The van der Waals surface area contributed by atoms with E-state index in [-0.39, 0.29) is 23.8 Å². The van der Waals surface area contributed by atoms with E-state index < -0.39 is 0 Å². The minimum absolute atomic E-state index is 0.207. The molecule has 0 fully saturated rings. The highest BCUT2D eigenvalue weighted by atomic mass is 32.1. The number of thiazole rings is 1. The van der Waals surface area contributed by atoms with Gasteiger partial charge in [-0.1, -0.05) is 12.1 Å². The first-order chi connectivity index (χ1) is 11.1. The summed E-state index contributed by atoms with van der Waals surface area (Å²) in [5.74, 6) is -0.830. The van der Waals surface area contributed by atoms with E-state index in [0.29, 0.717) is 17.2 Å². The van der Waals surface area contributed by atoms with E-state index in [2.05, 4.69) is 4.98 Å². The molecule has 1 aromatic carbocycles. The molecule has 0 aliphatic carbocycles. The Bertz CT molecular complexity index is 823. The number of halogens is 1. The third-order valence-corrected chi connectivity index (χ3v) is 4.19. The Kier molecular flexibility index (Phi) is 4.43. The van der Waals surface area contributed by atoms with Gasteiger partial charge in [-0.2, -0.15) is 0 Å². The predicted octanol–water partition coefficient (Wildman–Crippen LogP) is 3.59. The van der Waals surface area contributed by atoms with Gasteiger partial charge in [0.15, 0.2) is 16.6 Å². The van der Waals surface area contributed by atoms with Gasteiger partial charge in [-0.05, 0) is 29.8 Å². The number of aromatic nitrogens is 2. The summed E-state index contributed by atoms with van der Waals surface area (Å²) in [4.78, 5) is 28.3. The molecule has 2 heterocycles. The molecule has 116 valence electrons. The monoisotopic (exact) mass is 328 g/mol. The number of hydrogen-bond donors (Lipinski definition) is 0. The van der Waals surface area contributed by atoms with Gasteiger partial charge in [0.1, 0.15) is 5.82 Å². The second-order valence-corrected chi connectivity index (χ2v) is 5.90. The van der Waals surface area contributed by atoms with Crippen LogP contribution in [0.3, 0.4) is 0 Å². The third-order valence-electron chi connectivity index (χ3n) is 3.37. The Morgan fingerprint density at radius 3 is 2.61 bits per heavy atom. The van der Waals surface area contributed by atoms with E-state index in [1.54, 1.807) is 46.6 Å². The normalized spacial score (nSPS) is 10.7. The zero-order valence-electron chi connectivity index (χ0n) is 12.1. The zero-order chi connectivity index (χ0) is 16.2. The molecule has 3 aromatic rings. The summed E-state index contributed by atoms with van der Waals surface area (Å²) in [7, 11) is 0. The molecule has 0 bridgehead atoms. The van der Waals surface area contributed by atoms with Crippen molar-refractivity contribution in [2.45, 2.75) is 13.0 Å². The molecule has 6 heteroatoms. The average Bonchev–Trinajstić information content (AvgIpc) is 3.20. The lowest BCUT2D eigenvalue weighted by Crippen LogP contribution is -2.13. The lowest BCUT2D eigenvalue weighted by atomic mass is 10.1. The van der Waals surface area contributed by atoms with Crippen LogP contribution in [0.2, 0.25) is 0 Å². The second kappa shape index (κ2) is 6.66. The molecular formula is C17H13FN2O2S. The van der Waals surface area contributed by atoms with E-state index in [4.69, 9.17) is 0 Å². The van der Waals surface area contributed by atoms with Crippen molar-refractivity contribution >= 4 is 22.9 Å². The van der Waals surface area contributed by atoms with Crippen molar-refractivity contribution in [3.05, 3.63) is 76.3 Å². The maximum absolute atomic E-state index is 12.9. The fraction of sp³-hybridized carbons (Fsp3) is 0.118. The molecule has 0 saturated carbocycles. The summed E-state index contributed by atoms with van der Waals surface area (Å²) >= 11 is 1.22. The third kappa shape index (κ3) is 3.60. The molecule has 0 saturated heterocycles. The van der Waals surface area contributed by atoms with Crippen LogP contribution < -0.4 is 0 Å². The van der Waals surface area contributed by atoms with Crippen LogP contribution in [-0.4, -0.2) is 21.1 Å². The highest BCUT2D eigenvalue weighted by molar-refractivity contribution is 7.11. The van der Waals surface area contributed by atoms with E-state index in [0.717, 1.165) is 5.56 Å². The summed E-state index contributed by atoms with van der Waals surface area (Å²) in [5, 5.41) is 2.05. The minimum atomic E-state index is -0.299. The van der Waals surface area contributed by atoms with Crippen molar-refractivity contribution in [3.63, 3.8) is 0 Å². The van der Waals surface area contributed by atoms with Crippen LogP contribution in [0.4, 0.5) is 4.39 Å². The quantitative estimate of drug-likeness (QED) is 0.513. The fourth-order valence-corrected chi connectivity index (χ4v) is 2.84. The first-order valence-corrected chi connectivity index (χ1v) is 7.87. The first kappa shape index (κ1) is 15.3. The highest BCUT2D eigenvalue weighted by Gasteiger charge is 2.18. The standard InChI is InChI=1S/C17H13FN2O2S/c18-13-5-3-12(4-6-13)11-20-8-1-2-14(20)15(21)10-16(22)17-19-7-9-23-17/h1-9H,10-11H2. The maximum atomic E-state index is 12.9. The molecule has 23 heavy (non-hydrogen) atoms. The molecule has 0 radical (unpaired) electrons. The molecule has 0 spiro atoms. The number of carbonyl (C=O) groups is 2. The number of rotatable bonds is 6. The summed E-state index contributed by atoms with van der Waals surface area (Å²) in [6, 6.07) is 9.54. The van der Waals surface area contributed by atoms with Crippen LogP contribution >= 0.6 is 11.3 Å². The summed E-state index contributed by atoms with van der Waals surface area (Å²) in [6.45, 7) is 0.444. The van der Waals surface area contributed by atoms with Crippen molar-refractivity contribution in [2.24, 2.45) is 0 Å². The van der Waals surface area contributed by atoms with E-state index >= 15 is 0 Å². The molecule has 0 aliphatic heterocycles. The number of benzene rings is 1. The van der Waals surface area contributed by atoms with Crippen molar-refractivity contribution in [1.29, 1.82) is 0 Å². The van der Waals surface area contributed by atoms with Gasteiger partial charge in [0.25, 0.3) is 0 Å². The molecule has 0 N–H and O–H groups in total. The Morgan fingerprint density at radius 2 is 1.91 bits per heavy atom. The maximum Gasteiger partial charge on any atom is 0.199 e. The highest BCUT2D eigenvalue weighted by Crippen LogP contribution is 2.14. The molecule has 3 rings (SSSR count). The van der Waals surface area contributed by atoms with Crippen molar-refractivity contribution < 1.29 is 14.0 Å². The van der Waals surface area contributed by atoms with Gasteiger partial charge in [-0.25, -0.2) is 9.37 Å². The number of ketones is 2. The van der Waals surface area contributed by atoms with Gasteiger partial charge < -0.3 is 4.57 Å². The van der Waals surface area contributed by atoms with E-state index in [9.17, 15) is 14.0 Å². The van der Waals surface area contributed by atoms with E-state index in [1.165, 1.54) is 23.5 Å². The Balaban J connectivity index is 1.73. The lowest BCUT2D eigenvalue weighted by Gasteiger charge is -2.08. The van der Waals surface area contributed by atoms with Crippen LogP contribution in [0, 0.1) is 5.82 Å². The number of carbonyl (C=O) groups excluding carboxylic acids is 2. The number of nitrogens with zero attached hydrogens (tertiary/aromatic N) is 2. The van der Waals surface area contributed by atoms with Gasteiger partial charge in [-0.15, -0.1) is 11.3 Å². The fourth-order valence-electron chi connectivity index (χ4n) is 2.26. The SMILES string of the molecule is O=C(CC(=O)c1cccn1Cc1ccc(F)cc1)c1nccs1. The second-order valence-electron chi connectivity index (χ2n) is 5.01. The summed E-state index contributed by atoms with van der Waals surface area (Å²) < 4.78 is 14.7. The van der Waals surface area contributed by atoms with Crippen molar-refractivity contribution in [3.8, 4) is 0 Å². The van der Waals surface area contributed by atoms with Gasteiger partial charge in [-0.3, -0.25) is 9.59 Å². The molecule has 2 aromatic heterocycles. The lowest BCUT2D eigenvalue weighted by molar-refractivity contribution is 0.0889. The molecule has 0 atom stereocenters. The summed E-state index contributed by atoms with van der Waals surface area (Å²) in [6.07, 6.45) is 3.10. The molecule has 0 unspecified atom stereocenters.